The van der Waals surface area contributed by atoms with Gasteiger partial charge in [-0.25, -0.2) is 0 Å². The molecule has 0 aliphatic carbocycles. The van der Waals surface area contributed by atoms with Crippen LogP contribution in [0.2, 0.25) is 20.1 Å². The van der Waals surface area contributed by atoms with E-state index in [2.05, 4.69) is 41.5 Å². The fraction of sp³-hybridized carbons (Fsp3) is 0. The fourth-order valence-corrected chi connectivity index (χ4v) is 3.34. The summed E-state index contributed by atoms with van der Waals surface area (Å²) in [7, 11) is 8.52. The largest absolute Gasteiger partial charge is 0 e. The van der Waals surface area contributed by atoms with Crippen molar-refractivity contribution >= 4 is 57.8 Å². The van der Waals surface area contributed by atoms with Crippen LogP contribution in [0.4, 0.5) is 0 Å². The molecule has 4 aromatic rings. The van der Waals surface area contributed by atoms with Crippen LogP contribution in [0.15, 0.2) is 95.2 Å². The predicted octanol–water partition coefficient (Wildman–Crippen LogP) is 7.50. The maximum Gasteiger partial charge on any atom is 0 e. The van der Waals surface area contributed by atoms with Crippen molar-refractivity contribution in [3.05, 3.63) is 139 Å². The summed E-state index contributed by atoms with van der Waals surface area (Å²) >= 11 is 23.3. The minimum Gasteiger partial charge on any atom is 0 e. The molecule has 0 amide bonds. The summed E-state index contributed by atoms with van der Waals surface area (Å²) in [5, 5.41) is 27.2. The van der Waals surface area contributed by atoms with Gasteiger partial charge in [0.05, 0.1) is 0 Å². The molecule has 0 atom stereocenters. The fourth-order valence-electron chi connectivity index (χ4n) is 2.86. The van der Waals surface area contributed by atoms with Crippen molar-refractivity contribution in [2.75, 3.05) is 0 Å². The van der Waals surface area contributed by atoms with Gasteiger partial charge >= 0.3 is 35.0 Å². The molecule has 0 fully saturated rings. The van der Waals surface area contributed by atoms with E-state index in [1.54, 1.807) is 84.9 Å². The summed E-state index contributed by atoms with van der Waals surface area (Å²) in [6, 6.07) is 30.1. The van der Waals surface area contributed by atoms with E-state index in [9.17, 15) is 0 Å². The Balaban J connectivity index is 0.000000337. The molecule has 0 saturated carbocycles. The molecule has 0 aromatic heterocycles. The third-order valence-corrected chi connectivity index (χ3v) is 5.47. The number of halogens is 6. The second-order valence-corrected chi connectivity index (χ2v) is 11.3. The van der Waals surface area contributed by atoms with Crippen molar-refractivity contribution in [3.8, 4) is 0 Å². The molecule has 0 unspecified atom stereocenters. The summed E-state index contributed by atoms with van der Waals surface area (Å²) < 4.78 is 0. The summed E-state index contributed by atoms with van der Waals surface area (Å²) in [5.41, 5.74) is 3.71. The molecular weight excluding hydrogens is 798 g/mol. The molecule has 0 spiro atoms. The van der Waals surface area contributed by atoms with Crippen LogP contribution >= 0.6 is 46.4 Å². The molecule has 4 nitrogen and oxygen atoms in total. The standard InChI is InChI=1S/2C13H8Cl2NO.2ClH.2Pd/c2*14-11-5-1-9(2-6-11)13(16-17)10-3-7-12(15)8-4-10;;;;/h2*1-3,5-8,17H;2*1H;;/q2*-1;;;;+2. The van der Waals surface area contributed by atoms with E-state index < -0.39 is 0 Å². The Bertz CT molecular complexity index is 1110. The van der Waals surface area contributed by atoms with Crippen LogP contribution in [0.25, 0.3) is 0 Å². The van der Waals surface area contributed by atoms with E-state index in [-0.39, 0.29) is 36.4 Å². The molecule has 0 radical (unpaired) electrons. The van der Waals surface area contributed by atoms with Crippen LogP contribution in [0.5, 0.6) is 0 Å². The van der Waals surface area contributed by atoms with Gasteiger partial charge < -0.3 is 10.4 Å². The Morgan fingerprint density at radius 2 is 0.868 bits per heavy atom. The van der Waals surface area contributed by atoms with Gasteiger partial charge in [-0.1, -0.05) is 47.5 Å². The minimum absolute atomic E-state index is 0. The van der Waals surface area contributed by atoms with Crippen LogP contribution in [-0.4, -0.2) is 21.8 Å². The van der Waals surface area contributed by atoms with E-state index >= 15 is 0 Å². The summed E-state index contributed by atoms with van der Waals surface area (Å²) in [4.78, 5) is 0. The molecule has 38 heavy (non-hydrogen) atoms. The maximum atomic E-state index is 9.07. The van der Waals surface area contributed by atoms with Crippen LogP contribution in [0.3, 0.4) is 0 Å². The van der Waals surface area contributed by atoms with Gasteiger partial charge in [0.2, 0.25) is 0 Å². The first-order valence-corrected chi connectivity index (χ1v) is 15.8. The van der Waals surface area contributed by atoms with Crippen molar-refractivity contribution in [1.82, 2.24) is 0 Å². The number of hydrogen-bond donors (Lipinski definition) is 2. The second kappa shape index (κ2) is 19.0. The van der Waals surface area contributed by atoms with E-state index in [0.29, 0.717) is 42.6 Å². The van der Waals surface area contributed by atoms with Gasteiger partial charge in [0.25, 0.3) is 0 Å². The van der Waals surface area contributed by atoms with Crippen molar-refractivity contribution in [2.24, 2.45) is 10.3 Å². The zero-order valence-electron chi connectivity index (χ0n) is 18.8. The van der Waals surface area contributed by atoms with Crippen molar-refractivity contribution in [3.63, 3.8) is 0 Å². The molecule has 0 aliphatic heterocycles. The van der Waals surface area contributed by atoms with Gasteiger partial charge in [-0.2, -0.15) is 0 Å². The number of rotatable bonds is 4. The zero-order chi connectivity index (χ0) is 27.2. The minimum atomic E-state index is 0. The van der Waals surface area contributed by atoms with Gasteiger partial charge in [0.1, 0.15) is 0 Å². The van der Waals surface area contributed by atoms with Crippen LogP contribution < -0.4 is 0 Å². The monoisotopic (exact) mass is 812 g/mol. The molecule has 206 valence electrons. The number of benzene rings is 4. The molecule has 0 heterocycles. The first-order chi connectivity index (χ1) is 17.8. The Labute approximate surface area is 270 Å². The Morgan fingerprint density at radius 3 is 1.11 bits per heavy atom. The van der Waals surface area contributed by atoms with Crippen LogP contribution in [-0.2, 0) is 36.4 Å². The Kier molecular flexibility index (Phi) is 17.5. The molecule has 0 saturated heterocycles. The maximum absolute atomic E-state index is 9.07. The van der Waals surface area contributed by atoms with Crippen LogP contribution in [0, 0.1) is 31.2 Å². The van der Waals surface area contributed by atoms with Gasteiger partial charge in [-0.05, 0) is 45.4 Å². The number of hydrogen-bond acceptors (Lipinski definition) is 4. The van der Waals surface area contributed by atoms with Gasteiger partial charge in [-0.15, -0.1) is 93.2 Å². The molecule has 0 bridgehead atoms. The van der Waals surface area contributed by atoms with Gasteiger partial charge in [-0.3, -0.25) is 0 Å². The van der Waals surface area contributed by atoms with Crippen molar-refractivity contribution in [1.29, 1.82) is 0 Å². The number of oxime groups is 2. The summed E-state index contributed by atoms with van der Waals surface area (Å²) in [6.07, 6.45) is 0. The van der Waals surface area contributed by atoms with E-state index in [1.807, 2.05) is 0 Å². The Hall–Kier alpha value is -1.12. The SMILES string of the molecule is ON=C(c1[c-]cc(Cl)cc1)c1ccc(Cl)cc1.ON=C(c1[c-]cc(Cl)cc1)c1ccc(Cl)cc1.[ClH+][Pd][ClH+].[Pd]. The zero-order valence-corrected chi connectivity index (χ0v) is 26.6. The molecule has 4 aromatic carbocycles. The van der Waals surface area contributed by atoms with E-state index in [4.69, 9.17) is 56.8 Å². The number of nitrogens with zero attached hydrogens (tertiary/aromatic N) is 2. The summed E-state index contributed by atoms with van der Waals surface area (Å²) in [5.74, 6) is 0. The topological polar surface area (TPSA) is 65.2 Å². The van der Waals surface area contributed by atoms with E-state index in [0.717, 1.165) is 11.1 Å². The average Bonchev–Trinajstić information content (AvgIpc) is 2.90. The molecule has 12 heteroatoms. The summed E-state index contributed by atoms with van der Waals surface area (Å²) in [6.45, 7) is 0. The predicted molar refractivity (Wildman–Crippen MR) is 141 cm³/mol. The third kappa shape index (κ3) is 11.6. The first kappa shape index (κ1) is 34.9. The van der Waals surface area contributed by atoms with Crippen molar-refractivity contribution < 1.29 is 65.8 Å². The Morgan fingerprint density at radius 1 is 0.579 bits per heavy atom. The normalized spacial score (nSPS) is 10.9. The van der Waals surface area contributed by atoms with Crippen molar-refractivity contribution in [2.45, 2.75) is 0 Å². The first-order valence-electron chi connectivity index (χ1n) is 9.98. The van der Waals surface area contributed by atoms with E-state index in [1.165, 1.54) is 0 Å². The molecule has 2 N–H and O–H groups in total. The molecule has 4 rings (SSSR count). The van der Waals surface area contributed by atoms with Gasteiger partial charge in [0, 0.05) is 41.9 Å². The molecule has 0 aliphatic rings. The van der Waals surface area contributed by atoms with Crippen LogP contribution in [0.1, 0.15) is 22.3 Å². The second-order valence-electron chi connectivity index (χ2n) is 6.80. The smallest absolute Gasteiger partial charge is 0 e. The third-order valence-electron chi connectivity index (χ3n) is 4.50. The quantitative estimate of drug-likeness (QED) is 0.0738. The molecular formula is C26H18Cl6N2O2Pd2. The average molecular weight is 816 g/mol. The van der Waals surface area contributed by atoms with Gasteiger partial charge in [0.15, 0.2) is 0 Å².